The molecule has 1 atom stereocenters. The predicted octanol–water partition coefficient (Wildman–Crippen LogP) is 4.79. The molecular formula is C21H26F2N2O3S. The topological polar surface area (TPSA) is 50.8 Å². The molecule has 0 unspecified atom stereocenters. The lowest BCUT2D eigenvalue weighted by Crippen LogP contribution is -2.39. The normalized spacial score (nSPS) is 12.2. The zero-order valence-electron chi connectivity index (χ0n) is 17.2. The van der Waals surface area contributed by atoms with E-state index in [4.69, 9.17) is 9.47 Å². The Bertz CT molecular complexity index is 831. The number of thioether (sulfide) groups is 1. The number of hydrogen-bond donors (Lipinski definition) is 1. The van der Waals surface area contributed by atoms with Crippen molar-refractivity contribution in [3.63, 3.8) is 0 Å². The van der Waals surface area contributed by atoms with Gasteiger partial charge in [-0.05, 0) is 68.4 Å². The van der Waals surface area contributed by atoms with E-state index >= 15 is 0 Å². The summed E-state index contributed by atoms with van der Waals surface area (Å²) in [5.41, 5.74) is 2.63. The van der Waals surface area contributed by atoms with Crippen LogP contribution in [0.25, 0.3) is 0 Å². The Morgan fingerprint density at radius 1 is 1.14 bits per heavy atom. The molecule has 0 aliphatic rings. The van der Waals surface area contributed by atoms with Gasteiger partial charge in [0.2, 0.25) is 5.91 Å². The van der Waals surface area contributed by atoms with Crippen molar-refractivity contribution >= 4 is 23.4 Å². The minimum Gasteiger partial charge on any atom is -0.493 e. The van der Waals surface area contributed by atoms with Crippen molar-refractivity contribution in [2.75, 3.05) is 26.6 Å². The van der Waals surface area contributed by atoms with E-state index in [1.807, 2.05) is 37.9 Å². The van der Waals surface area contributed by atoms with Crippen molar-refractivity contribution < 1.29 is 23.0 Å². The van der Waals surface area contributed by atoms with Gasteiger partial charge in [0.05, 0.1) is 20.3 Å². The first-order valence-electron chi connectivity index (χ1n) is 9.02. The smallest absolute Gasteiger partial charge is 0.288 e. The molecule has 2 rings (SSSR count). The number of benzene rings is 2. The highest BCUT2D eigenvalue weighted by atomic mass is 32.2. The fourth-order valence-corrected chi connectivity index (χ4v) is 3.26. The van der Waals surface area contributed by atoms with Crippen molar-refractivity contribution in [1.29, 1.82) is 0 Å². The number of aryl methyl sites for hydroxylation is 1. The maximum Gasteiger partial charge on any atom is 0.288 e. The number of amides is 1. The Balaban J connectivity index is 2.02. The van der Waals surface area contributed by atoms with E-state index in [0.717, 1.165) is 11.1 Å². The number of hydrogen-bond acceptors (Lipinski definition) is 5. The summed E-state index contributed by atoms with van der Waals surface area (Å²) in [6.07, 6.45) is 0. The molecule has 158 valence electrons. The minimum absolute atomic E-state index is 0.181. The quantitative estimate of drug-likeness (QED) is 0.587. The second-order valence-corrected chi connectivity index (χ2v) is 7.68. The maximum absolute atomic E-state index is 12.6. The van der Waals surface area contributed by atoms with Crippen LogP contribution in [0.4, 0.5) is 14.5 Å². The van der Waals surface area contributed by atoms with E-state index in [9.17, 15) is 13.6 Å². The van der Waals surface area contributed by atoms with Crippen LogP contribution in [0.5, 0.6) is 11.5 Å². The van der Waals surface area contributed by atoms with E-state index in [1.54, 1.807) is 38.5 Å². The molecule has 2 aromatic rings. The van der Waals surface area contributed by atoms with Crippen molar-refractivity contribution in [3.05, 3.63) is 47.5 Å². The summed E-state index contributed by atoms with van der Waals surface area (Å²) in [6, 6.07) is 9.78. The number of carbonyl (C=O) groups excluding carboxylic acids is 1. The van der Waals surface area contributed by atoms with Crippen molar-refractivity contribution in [3.8, 4) is 11.5 Å². The van der Waals surface area contributed by atoms with Crippen molar-refractivity contribution in [1.82, 2.24) is 4.90 Å². The Morgan fingerprint density at radius 2 is 1.72 bits per heavy atom. The molecule has 0 heterocycles. The van der Waals surface area contributed by atoms with E-state index < -0.39 is 11.8 Å². The molecule has 0 aliphatic heterocycles. The molecule has 0 bridgehead atoms. The van der Waals surface area contributed by atoms with Crippen LogP contribution in [0.1, 0.15) is 18.1 Å². The lowest BCUT2D eigenvalue weighted by Gasteiger charge is -2.25. The number of rotatable bonds is 9. The van der Waals surface area contributed by atoms with Gasteiger partial charge in [-0.15, -0.1) is 0 Å². The lowest BCUT2D eigenvalue weighted by molar-refractivity contribution is -0.120. The summed E-state index contributed by atoms with van der Waals surface area (Å²) >= 11 is 0.472. The first-order chi connectivity index (χ1) is 13.7. The van der Waals surface area contributed by atoms with Crippen LogP contribution in [-0.2, 0) is 11.3 Å². The first-order valence-corrected chi connectivity index (χ1v) is 9.90. The van der Waals surface area contributed by atoms with Crippen LogP contribution in [-0.4, -0.2) is 43.9 Å². The average Bonchev–Trinajstić information content (AvgIpc) is 2.69. The van der Waals surface area contributed by atoms with E-state index in [1.165, 1.54) is 0 Å². The summed E-state index contributed by atoms with van der Waals surface area (Å²) in [4.78, 5) is 15.0. The molecule has 8 heteroatoms. The third kappa shape index (κ3) is 6.33. The molecular weight excluding hydrogens is 398 g/mol. The van der Waals surface area contributed by atoms with Crippen LogP contribution in [0.15, 0.2) is 41.3 Å². The molecule has 0 spiro atoms. The van der Waals surface area contributed by atoms with Gasteiger partial charge in [-0.3, -0.25) is 9.69 Å². The molecule has 0 fully saturated rings. The van der Waals surface area contributed by atoms with E-state index in [-0.39, 0.29) is 5.91 Å². The van der Waals surface area contributed by atoms with Gasteiger partial charge in [-0.1, -0.05) is 11.8 Å². The highest BCUT2D eigenvalue weighted by Crippen LogP contribution is 2.31. The lowest BCUT2D eigenvalue weighted by atomic mass is 10.1. The van der Waals surface area contributed by atoms with Gasteiger partial charge in [-0.25, -0.2) is 0 Å². The van der Waals surface area contributed by atoms with Crippen molar-refractivity contribution in [2.24, 2.45) is 0 Å². The molecule has 0 aliphatic carbocycles. The van der Waals surface area contributed by atoms with Gasteiger partial charge in [0.15, 0.2) is 11.5 Å². The van der Waals surface area contributed by atoms with Gasteiger partial charge < -0.3 is 14.8 Å². The zero-order valence-corrected chi connectivity index (χ0v) is 18.0. The maximum atomic E-state index is 12.6. The van der Waals surface area contributed by atoms with Crippen LogP contribution >= 0.6 is 11.8 Å². The summed E-state index contributed by atoms with van der Waals surface area (Å²) in [5.74, 6) is -1.35. The SMILES string of the molecule is COc1cc(C)c(CN(C)[C@H](C)C(=O)Nc2ccc(SC(F)F)cc2)cc1OC. The minimum atomic E-state index is -2.47. The molecule has 0 saturated heterocycles. The van der Waals surface area contributed by atoms with E-state index in [2.05, 4.69) is 5.32 Å². The fourth-order valence-electron chi connectivity index (χ4n) is 2.77. The van der Waals surface area contributed by atoms with Crippen molar-refractivity contribution in [2.45, 2.75) is 37.1 Å². The predicted molar refractivity (Wildman–Crippen MR) is 112 cm³/mol. The molecule has 0 radical (unpaired) electrons. The summed E-state index contributed by atoms with van der Waals surface area (Å²) in [6.45, 7) is 4.34. The number of halogens is 2. The number of likely N-dealkylation sites (N-methyl/N-ethyl adjacent to an activating group) is 1. The average molecular weight is 425 g/mol. The molecule has 0 saturated carbocycles. The van der Waals surface area contributed by atoms with Crippen LogP contribution < -0.4 is 14.8 Å². The second kappa shape index (κ2) is 10.5. The monoisotopic (exact) mass is 424 g/mol. The molecule has 29 heavy (non-hydrogen) atoms. The number of nitrogens with zero attached hydrogens (tertiary/aromatic N) is 1. The summed E-state index contributed by atoms with van der Waals surface area (Å²) < 4.78 is 35.5. The number of nitrogens with one attached hydrogen (secondary N) is 1. The first kappa shape index (κ1) is 23.0. The number of ether oxygens (including phenoxy) is 2. The third-order valence-electron chi connectivity index (χ3n) is 4.65. The third-order valence-corrected chi connectivity index (χ3v) is 5.37. The Morgan fingerprint density at radius 3 is 2.28 bits per heavy atom. The Kier molecular flexibility index (Phi) is 8.28. The zero-order chi connectivity index (χ0) is 21.6. The number of alkyl halides is 2. The second-order valence-electron chi connectivity index (χ2n) is 6.62. The van der Waals surface area contributed by atoms with E-state index in [0.29, 0.717) is 40.4 Å². The highest BCUT2D eigenvalue weighted by Gasteiger charge is 2.20. The standard InChI is InChI=1S/C21H26F2N2O3S/c1-13-10-18(27-4)19(28-5)11-15(13)12-25(3)14(2)20(26)24-16-6-8-17(9-7-16)29-21(22)23/h6-11,14,21H,12H2,1-5H3,(H,24,26)/t14-/m1/s1. The molecule has 0 aromatic heterocycles. The van der Waals surface area contributed by atoms with Crippen LogP contribution in [0.2, 0.25) is 0 Å². The van der Waals surface area contributed by atoms with Gasteiger partial charge in [0.1, 0.15) is 0 Å². The fraction of sp³-hybridized carbons (Fsp3) is 0.381. The summed E-state index contributed by atoms with van der Waals surface area (Å²) in [5, 5.41) is 2.82. The van der Waals surface area contributed by atoms with Gasteiger partial charge in [0, 0.05) is 17.1 Å². The van der Waals surface area contributed by atoms with Gasteiger partial charge in [-0.2, -0.15) is 8.78 Å². The molecule has 1 N–H and O–H groups in total. The van der Waals surface area contributed by atoms with Crippen LogP contribution in [0, 0.1) is 6.92 Å². The Hall–Kier alpha value is -2.32. The highest BCUT2D eigenvalue weighted by molar-refractivity contribution is 7.99. The Labute approximate surface area is 174 Å². The van der Waals surface area contributed by atoms with Gasteiger partial charge >= 0.3 is 0 Å². The number of methoxy groups -OCH3 is 2. The summed E-state index contributed by atoms with van der Waals surface area (Å²) in [7, 11) is 5.04. The molecule has 1 amide bonds. The molecule has 2 aromatic carbocycles. The van der Waals surface area contributed by atoms with Crippen LogP contribution in [0.3, 0.4) is 0 Å². The number of anilines is 1. The molecule has 5 nitrogen and oxygen atoms in total. The van der Waals surface area contributed by atoms with Gasteiger partial charge in [0.25, 0.3) is 5.76 Å². The number of carbonyl (C=O) groups is 1. The largest absolute Gasteiger partial charge is 0.493 e.